The fourth-order valence-corrected chi connectivity index (χ4v) is 3.98. The standard InChI is InChI=1S/C29H21N7O/c1-37-25-14-12-20(13-15-25)27-22(19-35(33-27)23-8-4-2-5-9-23)16-21(17-30)28-26(18-31)29(32)36(34-28)24-10-6-3-7-11-24/h2-16,19H,32H2,1H3. The Balaban J connectivity index is 1.67. The molecule has 5 aromatic rings. The number of nitrogens with zero attached hydrogens (tertiary/aromatic N) is 6. The van der Waals surface area contributed by atoms with Crippen molar-refractivity contribution in [3.63, 3.8) is 0 Å². The molecular formula is C29H21N7O. The van der Waals surface area contributed by atoms with Crippen LogP contribution in [-0.2, 0) is 0 Å². The first-order valence-electron chi connectivity index (χ1n) is 11.4. The molecule has 8 heteroatoms. The second-order valence-corrected chi connectivity index (χ2v) is 8.08. The molecule has 5 rings (SSSR count). The van der Waals surface area contributed by atoms with Gasteiger partial charge in [-0.15, -0.1) is 0 Å². The summed E-state index contributed by atoms with van der Waals surface area (Å²) < 4.78 is 8.51. The number of hydrogen-bond acceptors (Lipinski definition) is 6. The van der Waals surface area contributed by atoms with E-state index in [-0.39, 0.29) is 22.6 Å². The van der Waals surface area contributed by atoms with Gasteiger partial charge >= 0.3 is 0 Å². The highest BCUT2D eigenvalue weighted by atomic mass is 16.5. The van der Waals surface area contributed by atoms with Crippen LogP contribution in [0.15, 0.2) is 91.1 Å². The Morgan fingerprint density at radius 3 is 2.14 bits per heavy atom. The Morgan fingerprint density at radius 1 is 0.892 bits per heavy atom. The van der Waals surface area contributed by atoms with E-state index in [4.69, 9.17) is 15.6 Å². The lowest BCUT2D eigenvalue weighted by molar-refractivity contribution is 0.415. The van der Waals surface area contributed by atoms with Gasteiger partial charge in [-0.2, -0.15) is 20.7 Å². The molecule has 0 aliphatic heterocycles. The van der Waals surface area contributed by atoms with Crippen molar-refractivity contribution in [2.75, 3.05) is 12.8 Å². The van der Waals surface area contributed by atoms with E-state index in [0.717, 1.165) is 17.0 Å². The van der Waals surface area contributed by atoms with E-state index in [9.17, 15) is 10.5 Å². The maximum absolute atomic E-state index is 10.1. The Hall–Kier alpha value is -5.60. The van der Waals surface area contributed by atoms with Crippen LogP contribution in [-0.4, -0.2) is 26.7 Å². The summed E-state index contributed by atoms with van der Waals surface area (Å²) in [4.78, 5) is 0. The number of benzene rings is 3. The number of rotatable bonds is 6. The predicted octanol–water partition coefficient (Wildman–Crippen LogP) is 5.25. The lowest BCUT2D eigenvalue weighted by Gasteiger charge is -2.03. The van der Waals surface area contributed by atoms with E-state index in [1.807, 2.05) is 91.1 Å². The largest absolute Gasteiger partial charge is 0.497 e. The van der Waals surface area contributed by atoms with Gasteiger partial charge in [-0.3, -0.25) is 0 Å². The van der Waals surface area contributed by atoms with Crippen molar-refractivity contribution >= 4 is 17.5 Å². The lowest BCUT2D eigenvalue weighted by Crippen LogP contribution is -2.02. The third-order valence-corrected chi connectivity index (χ3v) is 5.84. The second kappa shape index (κ2) is 9.95. The van der Waals surface area contributed by atoms with Crippen molar-refractivity contribution in [2.24, 2.45) is 0 Å². The van der Waals surface area contributed by atoms with Crippen LogP contribution in [0.1, 0.15) is 16.8 Å². The van der Waals surface area contributed by atoms with Crippen LogP contribution < -0.4 is 10.5 Å². The Bertz CT molecular complexity index is 1670. The van der Waals surface area contributed by atoms with Crippen LogP contribution in [0, 0.1) is 22.7 Å². The number of allylic oxidation sites excluding steroid dienone is 1. The summed E-state index contributed by atoms with van der Waals surface area (Å²) in [6.07, 6.45) is 3.53. The summed E-state index contributed by atoms with van der Waals surface area (Å²) in [7, 11) is 1.61. The smallest absolute Gasteiger partial charge is 0.145 e. The number of anilines is 1. The van der Waals surface area contributed by atoms with Gasteiger partial charge in [-0.1, -0.05) is 36.4 Å². The van der Waals surface area contributed by atoms with Crippen molar-refractivity contribution < 1.29 is 4.74 Å². The molecule has 0 fully saturated rings. The first-order valence-corrected chi connectivity index (χ1v) is 11.4. The fourth-order valence-electron chi connectivity index (χ4n) is 3.98. The maximum Gasteiger partial charge on any atom is 0.145 e. The Kier molecular flexibility index (Phi) is 6.22. The Morgan fingerprint density at radius 2 is 1.54 bits per heavy atom. The number of nitrogen functional groups attached to an aromatic ring is 1. The average molecular weight is 484 g/mol. The molecule has 0 amide bonds. The van der Waals surface area contributed by atoms with Gasteiger partial charge in [0.1, 0.15) is 35.0 Å². The zero-order valence-electron chi connectivity index (χ0n) is 19.9. The summed E-state index contributed by atoms with van der Waals surface area (Å²) in [5.74, 6) is 0.891. The van der Waals surface area contributed by atoms with E-state index < -0.39 is 0 Å². The van der Waals surface area contributed by atoms with Gasteiger partial charge in [0.15, 0.2) is 0 Å². The van der Waals surface area contributed by atoms with Gasteiger partial charge < -0.3 is 10.5 Å². The third kappa shape index (κ3) is 4.43. The van der Waals surface area contributed by atoms with Crippen LogP contribution in [0.4, 0.5) is 5.82 Å². The molecule has 0 aliphatic carbocycles. The molecule has 0 saturated heterocycles. The van der Waals surface area contributed by atoms with Gasteiger partial charge in [0.25, 0.3) is 0 Å². The number of hydrogen-bond donors (Lipinski definition) is 1. The van der Waals surface area contributed by atoms with Crippen molar-refractivity contribution in [1.82, 2.24) is 19.6 Å². The van der Waals surface area contributed by atoms with E-state index in [2.05, 4.69) is 17.2 Å². The molecule has 2 N–H and O–H groups in total. The monoisotopic (exact) mass is 483 g/mol. The number of para-hydroxylation sites is 2. The molecule has 8 nitrogen and oxygen atoms in total. The van der Waals surface area contributed by atoms with Crippen LogP contribution >= 0.6 is 0 Å². The van der Waals surface area contributed by atoms with Crippen molar-refractivity contribution in [1.29, 1.82) is 10.5 Å². The molecule has 2 aromatic heterocycles. The number of nitrogens with two attached hydrogens (primary N) is 1. The zero-order valence-corrected chi connectivity index (χ0v) is 19.9. The molecule has 37 heavy (non-hydrogen) atoms. The SMILES string of the molecule is COc1ccc(-c2nn(-c3ccccc3)cc2C=C(C#N)c2nn(-c3ccccc3)c(N)c2C#N)cc1. The molecule has 0 radical (unpaired) electrons. The molecular weight excluding hydrogens is 462 g/mol. The van der Waals surface area contributed by atoms with Gasteiger partial charge in [-0.25, -0.2) is 9.36 Å². The van der Waals surface area contributed by atoms with Crippen LogP contribution in [0.25, 0.3) is 34.3 Å². The summed E-state index contributed by atoms with van der Waals surface area (Å²) in [5.41, 5.74) is 10.6. The topological polar surface area (TPSA) is 118 Å². The fraction of sp³-hybridized carbons (Fsp3) is 0.0345. The lowest BCUT2D eigenvalue weighted by atomic mass is 10.0. The van der Waals surface area contributed by atoms with E-state index in [1.54, 1.807) is 17.9 Å². The van der Waals surface area contributed by atoms with Crippen LogP contribution in [0.3, 0.4) is 0 Å². The van der Waals surface area contributed by atoms with E-state index in [0.29, 0.717) is 16.9 Å². The highest BCUT2D eigenvalue weighted by molar-refractivity contribution is 5.93. The quantitative estimate of drug-likeness (QED) is 0.330. The Labute approximate surface area is 213 Å². The molecule has 178 valence electrons. The highest BCUT2D eigenvalue weighted by Gasteiger charge is 2.21. The van der Waals surface area contributed by atoms with Gasteiger partial charge in [0.05, 0.1) is 29.8 Å². The molecule has 0 atom stereocenters. The first-order chi connectivity index (χ1) is 18.1. The summed E-state index contributed by atoms with van der Waals surface area (Å²) >= 11 is 0. The van der Waals surface area contributed by atoms with Gasteiger partial charge in [0.2, 0.25) is 0 Å². The number of aromatic nitrogens is 4. The predicted molar refractivity (Wildman–Crippen MR) is 142 cm³/mol. The van der Waals surface area contributed by atoms with Crippen LogP contribution in [0.2, 0.25) is 0 Å². The minimum absolute atomic E-state index is 0.137. The van der Waals surface area contributed by atoms with Gasteiger partial charge in [0, 0.05) is 17.3 Å². The van der Waals surface area contributed by atoms with Gasteiger partial charge in [-0.05, 0) is 54.6 Å². The second-order valence-electron chi connectivity index (χ2n) is 8.08. The number of nitriles is 2. The maximum atomic E-state index is 10.1. The average Bonchev–Trinajstić information content (AvgIpc) is 3.53. The minimum atomic E-state index is 0.137. The minimum Gasteiger partial charge on any atom is -0.497 e. The number of ether oxygens (including phenoxy) is 1. The number of methoxy groups -OCH3 is 1. The summed E-state index contributed by atoms with van der Waals surface area (Å²) in [5, 5.41) is 29.3. The summed E-state index contributed by atoms with van der Waals surface area (Å²) in [6.45, 7) is 0. The normalized spacial score (nSPS) is 11.1. The summed E-state index contributed by atoms with van der Waals surface area (Å²) in [6, 6.07) is 30.7. The molecule has 2 heterocycles. The first kappa shape index (κ1) is 23.2. The molecule has 0 spiro atoms. The molecule has 0 aliphatic rings. The molecule has 3 aromatic carbocycles. The molecule has 0 bridgehead atoms. The van der Waals surface area contributed by atoms with E-state index in [1.165, 1.54) is 4.68 Å². The van der Waals surface area contributed by atoms with Crippen molar-refractivity contribution in [2.45, 2.75) is 0 Å². The van der Waals surface area contributed by atoms with Crippen molar-refractivity contribution in [3.05, 3.63) is 108 Å². The van der Waals surface area contributed by atoms with E-state index >= 15 is 0 Å². The third-order valence-electron chi connectivity index (χ3n) is 5.84. The highest BCUT2D eigenvalue weighted by Crippen LogP contribution is 2.31. The molecule has 0 saturated carbocycles. The van der Waals surface area contributed by atoms with Crippen LogP contribution in [0.5, 0.6) is 5.75 Å². The zero-order chi connectivity index (χ0) is 25.8. The van der Waals surface area contributed by atoms with Crippen molar-refractivity contribution in [3.8, 4) is 40.5 Å². The molecule has 0 unspecified atom stereocenters.